The quantitative estimate of drug-likeness (QED) is 0.647. The molecule has 0 aliphatic rings. The molecule has 0 aromatic heterocycles. The first kappa shape index (κ1) is 15.5. The van der Waals surface area contributed by atoms with Gasteiger partial charge in [-0.3, -0.25) is 4.79 Å². The van der Waals surface area contributed by atoms with E-state index >= 15 is 0 Å². The third-order valence-corrected chi connectivity index (χ3v) is 2.60. The van der Waals surface area contributed by atoms with Gasteiger partial charge in [-0.1, -0.05) is 47.5 Å². The van der Waals surface area contributed by atoms with Gasteiger partial charge in [0, 0.05) is 19.5 Å². The van der Waals surface area contributed by atoms with Crippen LogP contribution in [0.15, 0.2) is 0 Å². The third-order valence-electron chi connectivity index (χ3n) is 2.60. The van der Waals surface area contributed by atoms with Crippen molar-refractivity contribution in [2.24, 2.45) is 5.41 Å². The van der Waals surface area contributed by atoms with Gasteiger partial charge in [0.25, 0.3) is 0 Å². The largest absolute Gasteiger partial charge is 0.343 e. The van der Waals surface area contributed by atoms with Gasteiger partial charge < -0.3 is 4.90 Å². The van der Waals surface area contributed by atoms with E-state index in [1.807, 2.05) is 0 Å². The molecule has 16 heavy (non-hydrogen) atoms. The molecule has 0 aliphatic carbocycles. The summed E-state index contributed by atoms with van der Waals surface area (Å²) in [4.78, 5) is 14.2. The Hall–Kier alpha value is -0.530. The molecule has 0 bridgehead atoms. The fourth-order valence-electron chi connectivity index (χ4n) is 1.62. The topological polar surface area (TPSA) is 20.3 Å². The van der Waals surface area contributed by atoms with Crippen molar-refractivity contribution >= 4 is 5.91 Å². The highest BCUT2D eigenvalue weighted by Crippen LogP contribution is 2.20. The second-order valence-corrected chi connectivity index (χ2v) is 5.83. The Kier molecular flexibility index (Phi) is 7.44. The molecular formula is C14H29NO. The summed E-state index contributed by atoms with van der Waals surface area (Å²) >= 11 is 0. The molecule has 0 aromatic rings. The highest BCUT2D eigenvalue weighted by Gasteiger charge is 2.20. The standard InChI is InChI=1S/C14H29NO/c1-6-8-10-15(11-9-7-2)13(16)12-14(3,4)5/h6-12H2,1-5H3. The van der Waals surface area contributed by atoms with Crippen LogP contribution in [0.25, 0.3) is 0 Å². The maximum Gasteiger partial charge on any atom is 0.223 e. The van der Waals surface area contributed by atoms with Crippen LogP contribution in [0.2, 0.25) is 0 Å². The number of rotatable bonds is 7. The Morgan fingerprint density at radius 1 is 1.00 bits per heavy atom. The van der Waals surface area contributed by atoms with Gasteiger partial charge in [0.1, 0.15) is 0 Å². The Morgan fingerprint density at radius 2 is 1.44 bits per heavy atom. The van der Waals surface area contributed by atoms with Crippen molar-refractivity contribution in [3.05, 3.63) is 0 Å². The average Bonchev–Trinajstić information content (AvgIpc) is 2.15. The molecule has 0 fully saturated rings. The highest BCUT2D eigenvalue weighted by atomic mass is 16.2. The predicted octanol–water partition coefficient (Wildman–Crippen LogP) is 3.85. The van der Waals surface area contributed by atoms with Crippen LogP contribution in [0, 0.1) is 5.41 Å². The van der Waals surface area contributed by atoms with E-state index in [2.05, 4.69) is 39.5 Å². The highest BCUT2D eigenvalue weighted by molar-refractivity contribution is 5.76. The summed E-state index contributed by atoms with van der Waals surface area (Å²) in [5.41, 5.74) is 0.105. The van der Waals surface area contributed by atoms with Crippen LogP contribution in [0.1, 0.15) is 66.7 Å². The van der Waals surface area contributed by atoms with E-state index in [-0.39, 0.29) is 5.41 Å². The van der Waals surface area contributed by atoms with E-state index < -0.39 is 0 Å². The first-order chi connectivity index (χ1) is 7.40. The molecule has 0 N–H and O–H groups in total. The van der Waals surface area contributed by atoms with E-state index in [1.165, 1.54) is 0 Å². The van der Waals surface area contributed by atoms with Crippen LogP contribution in [0.5, 0.6) is 0 Å². The van der Waals surface area contributed by atoms with Crippen LogP contribution in [-0.4, -0.2) is 23.9 Å². The van der Waals surface area contributed by atoms with Gasteiger partial charge >= 0.3 is 0 Å². The molecule has 0 heterocycles. The van der Waals surface area contributed by atoms with E-state index in [1.54, 1.807) is 0 Å². The second-order valence-electron chi connectivity index (χ2n) is 5.83. The normalized spacial score (nSPS) is 11.6. The predicted molar refractivity (Wildman–Crippen MR) is 70.5 cm³/mol. The maximum atomic E-state index is 12.1. The van der Waals surface area contributed by atoms with Gasteiger partial charge in [0.05, 0.1) is 0 Å². The van der Waals surface area contributed by atoms with Crippen molar-refractivity contribution in [1.29, 1.82) is 0 Å². The van der Waals surface area contributed by atoms with E-state index in [9.17, 15) is 4.79 Å². The zero-order valence-corrected chi connectivity index (χ0v) is 11.8. The molecule has 0 spiro atoms. The van der Waals surface area contributed by atoms with Crippen molar-refractivity contribution in [3.8, 4) is 0 Å². The summed E-state index contributed by atoms with van der Waals surface area (Å²) in [6.45, 7) is 12.6. The first-order valence-corrected chi connectivity index (χ1v) is 6.68. The van der Waals surface area contributed by atoms with Crippen molar-refractivity contribution in [2.45, 2.75) is 66.7 Å². The smallest absolute Gasteiger partial charge is 0.223 e. The molecule has 1 amide bonds. The Bertz CT molecular complexity index is 185. The van der Waals surface area contributed by atoms with Crippen molar-refractivity contribution in [1.82, 2.24) is 4.90 Å². The Labute approximate surface area is 101 Å². The van der Waals surface area contributed by atoms with Crippen LogP contribution in [0.4, 0.5) is 0 Å². The molecule has 2 heteroatoms. The molecule has 0 radical (unpaired) electrons. The average molecular weight is 227 g/mol. The summed E-state index contributed by atoms with van der Waals surface area (Å²) in [5.74, 6) is 0.328. The van der Waals surface area contributed by atoms with E-state index in [0.717, 1.165) is 38.8 Å². The first-order valence-electron chi connectivity index (χ1n) is 6.68. The minimum Gasteiger partial charge on any atom is -0.343 e. The van der Waals surface area contributed by atoms with Crippen LogP contribution in [0.3, 0.4) is 0 Å². The summed E-state index contributed by atoms with van der Waals surface area (Å²) in [6, 6.07) is 0. The molecule has 0 saturated heterocycles. The van der Waals surface area contributed by atoms with Crippen LogP contribution in [-0.2, 0) is 4.79 Å². The van der Waals surface area contributed by atoms with Crippen molar-refractivity contribution in [2.75, 3.05) is 13.1 Å². The van der Waals surface area contributed by atoms with Gasteiger partial charge in [-0.05, 0) is 18.3 Å². The number of unbranched alkanes of at least 4 members (excludes halogenated alkanes) is 2. The molecule has 0 aromatic carbocycles. The number of carbonyl (C=O) groups excluding carboxylic acids is 1. The minimum absolute atomic E-state index is 0.105. The number of amides is 1. The fraction of sp³-hybridized carbons (Fsp3) is 0.929. The SMILES string of the molecule is CCCCN(CCCC)C(=O)CC(C)(C)C. The molecule has 2 nitrogen and oxygen atoms in total. The molecule has 0 rings (SSSR count). The monoisotopic (exact) mass is 227 g/mol. The lowest BCUT2D eigenvalue weighted by Gasteiger charge is -2.26. The lowest BCUT2D eigenvalue weighted by molar-refractivity contribution is -0.133. The Balaban J connectivity index is 4.19. The van der Waals surface area contributed by atoms with Gasteiger partial charge in [0.15, 0.2) is 0 Å². The maximum absolute atomic E-state index is 12.1. The molecule has 0 unspecified atom stereocenters. The minimum atomic E-state index is 0.105. The second kappa shape index (κ2) is 7.70. The molecule has 0 saturated carbocycles. The fourth-order valence-corrected chi connectivity index (χ4v) is 1.62. The lowest BCUT2D eigenvalue weighted by atomic mass is 9.91. The van der Waals surface area contributed by atoms with Crippen molar-refractivity contribution < 1.29 is 4.79 Å². The van der Waals surface area contributed by atoms with E-state index in [4.69, 9.17) is 0 Å². The van der Waals surface area contributed by atoms with E-state index in [0.29, 0.717) is 12.3 Å². The van der Waals surface area contributed by atoms with Gasteiger partial charge in [-0.15, -0.1) is 0 Å². The lowest BCUT2D eigenvalue weighted by Crippen LogP contribution is -2.35. The number of nitrogens with zero attached hydrogens (tertiary/aromatic N) is 1. The zero-order chi connectivity index (χ0) is 12.6. The van der Waals surface area contributed by atoms with Gasteiger partial charge in [0.2, 0.25) is 5.91 Å². The number of hydrogen-bond acceptors (Lipinski definition) is 1. The van der Waals surface area contributed by atoms with Crippen LogP contribution < -0.4 is 0 Å². The molecule has 96 valence electrons. The summed E-state index contributed by atoms with van der Waals surface area (Å²) < 4.78 is 0. The Morgan fingerprint density at radius 3 is 1.75 bits per heavy atom. The van der Waals surface area contributed by atoms with Gasteiger partial charge in [-0.25, -0.2) is 0 Å². The third kappa shape index (κ3) is 7.72. The van der Waals surface area contributed by atoms with Crippen molar-refractivity contribution in [3.63, 3.8) is 0 Å². The number of carbonyl (C=O) groups is 1. The zero-order valence-electron chi connectivity index (χ0n) is 11.8. The number of hydrogen-bond donors (Lipinski definition) is 0. The molecular weight excluding hydrogens is 198 g/mol. The van der Waals surface area contributed by atoms with Crippen LogP contribution >= 0.6 is 0 Å². The molecule has 0 aliphatic heterocycles. The summed E-state index contributed by atoms with van der Waals surface area (Å²) in [6.07, 6.45) is 5.23. The molecule has 0 atom stereocenters. The summed E-state index contributed by atoms with van der Waals surface area (Å²) in [7, 11) is 0. The summed E-state index contributed by atoms with van der Waals surface area (Å²) in [5, 5.41) is 0. The van der Waals surface area contributed by atoms with Gasteiger partial charge in [-0.2, -0.15) is 0 Å².